The molecule has 1 amide bonds. The van der Waals surface area contributed by atoms with Gasteiger partial charge >= 0.3 is 0 Å². The largest absolute Gasteiger partial charge is 0.310 e. The van der Waals surface area contributed by atoms with Gasteiger partial charge in [0.2, 0.25) is 5.91 Å². The summed E-state index contributed by atoms with van der Waals surface area (Å²) in [5.74, 6) is 1.14. The minimum atomic E-state index is -0.165. The average Bonchev–Trinajstić information content (AvgIpc) is 3.08. The number of nitrogens with one attached hydrogen (secondary N) is 1. The molecule has 0 aliphatic carbocycles. The molecule has 3 aromatic rings. The van der Waals surface area contributed by atoms with Gasteiger partial charge in [0.05, 0.1) is 5.75 Å². The smallest absolute Gasteiger partial charge is 0.235 e. The molecule has 0 atom stereocenters. The van der Waals surface area contributed by atoms with Crippen LogP contribution in [0.3, 0.4) is 0 Å². The number of thioether (sulfide) groups is 1. The van der Waals surface area contributed by atoms with Crippen molar-refractivity contribution in [3.63, 3.8) is 0 Å². The van der Waals surface area contributed by atoms with Crippen LogP contribution in [0, 0.1) is 6.92 Å². The molecule has 0 aromatic carbocycles. The van der Waals surface area contributed by atoms with E-state index in [1.54, 1.807) is 29.4 Å². The van der Waals surface area contributed by atoms with E-state index in [1.165, 1.54) is 24.4 Å². The minimum absolute atomic E-state index is 0.165. The Labute approximate surface area is 136 Å². The third-order valence-corrected chi connectivity index (χ3v) is 3.74. The van der Waals surface area contributed by atoms with E-state index in [0.717, 1.165) is 10.7 Å². The van der Waals surface area contributed by atoms with Crippen LogP contribution in [0.2, 0.25) is 0 Å². The van der Waals surface area contributed by atoms with Crippen LogP contribution in [-0.2, 0) is 4.79 Å². The Kier molecular flexibility index (Phi) is 4.57. The second-order valence-electron chi connectivity index (χ2n) is 4.57. The van der Waals surface area contributed by atoms with Crippen LogP contribution in [0.1, 0.15) is 5.69 Å². The Balaban J connectivity index is 1.61. The highest BCUT2D eigenvalue weighted by Crippen LogP contribution is 2.15. The summed E-state index contributed by atoms with van der Waals surface area (Å²) in [6.45, 7) is 1.88. The molecule has 0 bridgehead atoms. The van der Waals surface area contributed by atoms with Gasteiger partial charge in [-0.3, -0.25) is 9.36 Å². The molecule has 3 aromatic heterocycles. The summed E-state index contributed by atoms with van der Waals surface area (Å²) in [6, 6.07) is 3.51. The fourth-order valence-electron chi connectivity index (χ4n) is 1.78. The maximum absolute atomic E-state index is 12.0. The van der Waals surface area contributed by atoms with Gasteiger partial charge in [-0.25, -0.2) is 24.9 Å². The van der Waals surface area contributed by atoms with E-state index >= 15 is 0 Å². The highest BCUT2D eigenvalue weighted by Gasteiger charge is 2.07. The molecule has 9 heteroatoms. The topological polar surface area (TPSA) is 98.5 Å². The maximum Gasteiger partial charge on any atom is 0.235 e. The summed E-state index contributed by atoms with van der Waals surface area (Å²) in [4.78, 5) is 32.3. The first-order valence-corrected chi connectivity index (χ1v) is 7.71. The maximum atomic E-state index is 12.0. The number of hydrogen-bond donors (Lipinski definition) is 1. The molecule has 3 rings (SSSR count). The molecule has 0 saturated carbocycles. The molecule has 1 N–H and O–H groups in total. The first kappa shape index (κ1) is 15.1. The molecule has 0 radical (unpaired) electrons. The van der Waals surface area contributed by atoms with Gasteiger partial charge in [0, 0.05) is 24.2 Å². The Morgan fingerprint density at radius 3 is 2.87 bits per heavy atom. The van der Waals surface area contributed by atoms with Crippen molar-refractivity contribution in [2.75, 3.05) is 11.1 Å². The Morgan fingerprint density at radius 1 is 1.22 bits per heavy atom. The van der Waals surface area contributed by atoms with Crippen molar-refractivity contribution in [3.05, 3.63) is 49.2 Å². The lowest BCUT2D eigenvalue weighted by Gasteiger charge is -2.06. The lowest BCUT2D eigenvalue weighted by atomic mass is 10.5. The monoisotopic (exact) mass is 327 g/mol. The summed E-state index contributed by atoms with van der Waals surface area (Å²) in [7, 11) is 0. The van der Waals surface area contributed by atoms with Gasteiger partial charge in [-0.05, 0) is 13.0 Å². The molecule has 0 unspecified atom stereocenters. The van der Waals surface area contributed by atoms with Crippen LogP contribution in [0.5, 0.6) is 0 Å². The first-order valence-electron chi connectivity index (χ1n) is 6.72. The number of anilines is 1. The highest BCUT2D eigenvalue weighted by atomic mass is 32.2. The normalized spacial score (nSPS) is 10.5. The van der Waals surface area contributed by atoms with E-state index < -0.39 is 0 Å². The van der Waals surface area contributed by atoms with E-state index in [-0.39, 0.29) is 11.7 Å². The molecule has 0 aliphatic rings. The SMILES string of the molecule is Cc1cc(SCC(=O)Nc2cc(-n3ccnc3)ncn2)ncn1. The molecule has 116 valence electrons. The van der Waals surface area contributed by atoms with Crippen LogP contribution < -0.4 is 5.32 Å². The van der Waals surface area contributed by atoms with Crippen molar-refractivity contribution < 1.29 is 4.79 Å². The number of carbonyl (C=O) groups is 1. The van der Waals surface area contributed by atoms with Crippen molar-refractivity contribution in [1.82, 2.24) is 29.5 Å². The number of amides is 1. The summed E-state index contributed by atoms with van der Waals surface area (Å²) in [6.07, 6.45) is 7.92. The molecule has 0 fully saturated rings. The van der Waals surface area contributed by atoms with Crippen molar-refractivity contribution >= 4 is 23.5 Å². The third-order valence-electron chi connectivity index (χ3n) is 2.82. The fourth-order valence-corrected chi connectivity index (χ4v) is 2.51. The number of aromatic nitrogens is 6. The first-order chi connectivity index (χ1) is 11.2. The van der Waals surface area contributed by atoms with Crippen molar-refractivity contribution in [2.24, 2.45) is 0 Å². The van der Waals surface area contributed by atoms with Gasteiger partial charge in [0.25, 0.3) is 0 Å². The molecule has 0 spiro atoms. The zero-order valence-corrected chi connectivity index (χ0v) is 13.1. The number of aryl methyl sites for hydroxylation is 1. The van der Waals surface area contributed by atoms with E-state index in [1.807, 2.05) is 13.0 Å². The second-order valence-corrected chi connectivity index (χ2v) is 5.56. The summed E-state index contributed by atoms with van der Waals surface area (Å²) in [5.41, 5.74) is 0.865. The quantitative estimate of drug-likeness (QED) is 0.560. The standard InChI is InChI=1S/C14H13N7OS/c1-10-4-14(19-7-16-10)23-6-13(22)20-11-5-12(18-8-17-11)21-3-2-15-9-21/h2-5,7-9H,6H2,1H3,(H,17,18,20,22). The molecular weight excluding hydrogens is 314 g/mol. The highest BCUT2D eigenvalue weighted by molar-refractivity contribution is 7.99. The van der Waals surface area contributed by atoms with Gasteiger partial charge in [0.15, 0.2) is 0 Å². The molecule has 8 nitrogen and oxygen atoms in total. The van der Waals surface area contributed by atoms with Crippen LogP contribution in [0.4, 0.5) is 5.82 Å². The van der Waals surface area contributed by atoms with Crippen LogP contribution in [0.25, 0.3) is 5.82 Å². The van der Waals surface area contributed by atoms with Gasteiger partial charge in [-0.1, -0.05) is 11.8 Å². The molecule has 0 saturated heterocycles. The molecular formula is C14H13N7OS. The fraction of sp³-hybridized carbons (Fsp3) is 0.143. The zero-order valence-electron chi connectivity index (χ0n) is 12.2. The van der Waals surface area contributed by atoms with Gasteiger partial charge < -0.3 is 5.32 Å². The molecule has 23 heavy (non-hydrogen) atoms. The molecule has 0 aliphatic heterocycles. The van der Waals surface area contributed by atoms with Crippen LogP contribution in [0.15, 0.2) is 48.5 Å². The van der Waals surface area contributed by atoms with Crippen molar-refractivity contribution in [2.45, 2.75) is 11.9 Å². The Hall–Kier alpha value is -2.81. The van der Waals surface area contributed by atoms with Gasteiger partial charge in [0.1, 0.15) is 35.6 Å². The summed E-state index contributed by atoms with van der Waals surface area (Å²) < 4.78 is 1.73. The van der Waals surface area contributed by atoms with Crippen molar-refractivity contribution in [3.8, 4) is 5.82 Å². The van der Waals surface area contributed by atoms with Crippen molar-refractivity contribution in [1.29, 1.82) is 0 Å². The lowest BCUT2D eigenvalue weighted by molar-refractivity contribution is -0.113. The van der Waals surface area contributed by atoms with Crippen LogP contribution in [-0.4, -0.2) is 41.1 Å². The minimum Gasteiger partial charge on any atom is -0.310 e. The van der Waals surface area contributed by atoms with Gasteiger partial charge in [-0.15, -0.1) is 0 Å². The molecule has 3 heterocycles. The van der Waals surface area contributed by atoms with E-state index in [9.17, 15) is 4.79 Å². The number of rotatable bonds is 5. The van der Waals surface area contributed by atoms with E-state index in [2.05, 4.69) is 30.2 Å². The second kappa shape index (κ2) is 6.97. The van der Waals surface area contributed by atoms with E-state index in [0.29, 0.717) is 11.6 Å². The van der Waals surface area contributed by atoms with Crippen LogP contribution >= 0.6 is 11.8 Å². The number of nitrogens with zero attached hydrogens (tertiary/aromatic N) is 6. The number of imidazole rings is 1. The summed E-state index contributed by atoms with van der Waals surface area (Å²) >= 11 is 1.34. The zero-order chi connectivity index (χ0) is 16.1. The Morgan fingerprint density at radius 2 is 2.09 bits per heavy atom. The van der Waals surface area contributed by atoms with E-state index in [4.69, 9.17) is 0 Å². The summed E-state index contributed by atoms with van der Waals surface area (Å²) in [5, 5.41) is 3.50. The third kappa shape index (κ3) is 4.10. The predicted molar refractivity (Wildman–Crippen MR) is 85.3 cm³/mol. The predicted octanol–water partition coefficient (Wildman–Crippen LogP) is 1.49. The Bertz CT molecular complexity index is 806. The van der Waals surface area contributed by atoms with Gasteiger partial charge in [-0.2, -0.15) is 0 Å². The number of carbonyl (C=O) groups excluding carboxylic acids is 1. The number of hydrogen-bond acceptors (Lipinski definition) is 7. The lowest BCUT2D eigenvalue weighted by Crippen LogP contribution is -2.15. The average molecular weight is 327 g/mol.